The van der Waals surface area contributed by atoms with Crippen molar-refractivity contribution in [1.82, 2.24) is 4.98 Å². The van der Waals surface area contributed by atoms with E-state index in [1.54, 1.807) is 24.4 Å². The van der Waals surface area contributed by atoms with Crippen LogP contribution < -0.4 is 0 Å². The molecule has 0 N–H and O–H groups in total. The van der Waals surface area contributed by atoms with Crippen LogP contribution in [0.25, 0.3) is 11.3 Å². The minimum absolute atomic E-state index is 0.0402. The Morgan fingerprint density at radius 3 is 2.69 bits per heavy atom. The number of hydrogen-bond acceptors (Lipinski definition) is 4. The van der Waals surface area contributed by atoms with Crippen molar-refractivity contribution in [3.63, 3.8) is 0 Å². The average Bonchev–Trinajstić information content (AvgIpc) is 2.30. The molecule has 0 saturated carbocycles. The normalized spacial score (nSPS) is 10.1. The molecule has 0 aliphatic carbocycles. The minimum Gasteiger partial charge on any atom is -0.258 e. The first-order chi connectivity index (χ1) is 7.68. The number of pyridine rings is 1. The summed E-state index contributed by atoms with van der Waals surface area (Å²) in [5, 5.41) is 10.7. The Labute approximate surface area is 97.5 Å². The molecule has 1 aromatic carbocycles. The van der Waals surface area contributed by atoms with Crippen LogP contribution in [-0.2, 0) is 0 Å². The van der Waals surface area contributed by atoms with Gasteiger partial charge in [0.05, 0.1) is 10.6 Å². The quantitative estimate of drug-likeness (QED) is 0.492. The third kappa shape index (κ3) is 2.04. The van der Waals surface area contributed by atoms with E-state index in [4.69, 9.17) is 0 Å². The van der Waals surface area contributed by atoms with E-state index >= 15 is 0 Å². The van der Waals surface area contributed by atoms with Gasteiger partial charge in [0.2, 0.25) is 0 Å². The smallest absolute Gasteiger partial charge is 0.258 e. The summed E-state index contributed by atoms with van der Waals surface area (Å²) in [5.74, 6) is 0. The molecule has 1 aromatic heterocycles. The lowest BCUT2D eigenvalue weighted by Gasteiger charge is -2.03. The number of hydrogen-bond donors (Lipinski definition) is 1. The molecule has 0 bridgehead atoms. The van der Waals surface area contributed by atoms with Gasteiger partial charge in [0.1, 0.15) is 0 Å². The van der Waals surface area contributed by atoms with Crippen molar-refractivity contribution in [2.45, 2.75) is 4.90 Å². The number of aromatic nitrogens is 1. The highest BCUT2D eigenvalue weighted by Gasteiger charge is 2.10. The second-order valence-electron chi connectivity index (χ2n) is 3.17. The maximum Gasteiger partial charge on any atom is 0.270 e. The first-order valence-corrected chi connectivity index (χ1v) is 5.02. The largest absolute Gasteiger partial charge is 0.270 e. The molecule has 0 radical (unpaired) electrons. The molecule has 4 nitrogen and oxygen atoms in total. The van der Waals surface area contributed by atoms with E-state index in [2.05, 4.69) is 17.6 Å². The van der Waals surface area contributed by atoms with Crippen LogP contribution in [-0.4, -0.2) is 9.91 Å². The highest BCUT2D eigenvalue weighted by atomic mass is 32.1. The SMILES string of the molecule is O=[N+]([O-])c1ccc(S)c(-c2ccccn2)c1. The Hall–Kier alpha value is -1.88. The van der Waals surface area contributed by atoms with Crippen molar-refractivity contribution in [3.05, 3.63) is 52.7 Å². The van der Waals surface area contributed by atoms with Gasteiger partial charge in [-0.05, 0) is 18.2 Å². The second kappa shape index (κ2) is 4.32. The Bertz CT molecular complexity index is 529. The Morgan fingerprint density at radius 1 is 1.25 bits per heavy atom. The fraction of sp³-hybridized carbons (Fsp3) is 0. The predicted molar refractivity (Wildman–Crippen MR) is 63.6 cm³/mol. The van der Waals surface area contributed by atoms with Crippen LogP contribution in [0.3, 0.4) is 0 Å². The second-order valence-corrected chi connectivity index (χ2v) is 3.66. The summed E-state index contributed by atoms with van der Waals surface area (Å²) in [5.41, 5.74) is 1.38. The van der Waals surface area contributed by atoms with Gasteiger partial charge in [0.15, 0.2) is 0 Å². The van der Waals surface area contributed by atoms with Crippen LogP contribution >= 0.6 is 12.6 Å². The lowest BCUT2D eigenvalue weighted by atomic mass is 10.1. The molecule has 0 aliphatic rings. The van der Waals surface area contributed by atoms with E-state index in [0.29, 0.717) is 16.2 Å². The molecule has 2 aromatic rings. The van der Waals surface area contributed by atoms with Crippen LogP contribution in [0.2, 0.25) is 0 Å². The van der Waals surface area contributed by atoms with Gasteiger partial charge in [-0.15, -0.1) is 12.6 Å². The van der Waals surface area contributed by atoms with E-state index in [-0.39, 0.29) is 5.69 Å². The number of thiol groups is 1. The first kappa shape index (κ1) is 10.6. The summed E-state index contributed by atoms with van der Waals surface area (Å²) in [6.45, 7) is 0. The van der Waals surface area contributed by atoms with Crippen LogP contribution in [0.5, 0.6) is 0 Å². The summed E-state index contributed by atoms with van der Waals surface area (Å²) >= 11 is 4.26. The standard InChI is InChI=1S/C11H8N2O2S/c14-13(15)8-4-5-11(16)9(7-8)10-3-1-2-6-12-10/h1-7,16H. The fourth-order valence-electron chi connectivity index (χ4n) is 1.36. The summed E-state index contributed by atoms with van der Waals surface area (Å²) in [6, 6.07) is 9.91. The molecule has 5 heteroatoms. The molecule has 80 valence electrons. The molecule has 0 saturated heterocycles. The predicted octanol–water partition coefficient (Wildman–Crippen LogP) is 2.95. The van der Waals surface area contributed by atoms with Gasteiger partial charge in [-0.1, -0.05) is 6.07 Å². The zero-order valence-corrected chi connectivity index (χ0v) is 9.09. The van der Waals surface area contributed by atoms with Crippen LogP contribution in [0, 0.1) is 10.1 Å². The number of benzene rings is 1. The fourth-order valence-corrected chi connectivity index (χ4v) is 1.62. The third-order valence-corrected chi connectivity index (χ3v) is 2.52. The number of nitro benzene ring substituents is 1. The number of non-ortho nitro benzene ring substituents is 1. The Kier molecular flexibility index (Phi) is 2.87. The van der Waals surface area contributed by atoms with Crippen molar-refractivity contribution in [3.8, 4) is 11.3 Å². The lowest BCUT2D eigenvalue weighted by molar-refractivity contribution is -0.384. The molecular weight excluding hydrogens is 224 g/mol. The van der Waals surface area contributed by atoms with Crippen molar-refractivity contribution in [2.24, 2.45) is 0 Å². The summed E-state index contributed by atoms with van der Waals surface area (Å²) in [4.78, 5) is 15.0. The van der Waals surface area contributed by atoms with Gasteiger partial charge in [-0.3, -0.25) is 15.1 Å². The third-order valence-electron chi connectivity index (χ3n) is 2.13. The molecule has 16 heavy (non-hydrogen) atoms. The van der Waals surface area contributed by atoms with Crippen LogP contribution in [0.4, 0.5) is 5.69 Å². The van der Waals surface area contributed by atoms with E-state index in [9.17, 15) is 10.1 Å². The van der Waals surface area contributed by atoms with E-state index in [0.717, 1.165) is 0 Å². The van der Waals surface area contributed by atoms with Gasteiger partial charge in [-0.25, -0.2) is 0 Å². The summed E-state index contributed by atoms with van der Waals surface area (Å²) < 4.78 is 0. The molecule has 0 spiro atoms. The van der Waals surface area contributed by atoms with Crippen molar-refractivity contribution in [2.75, 3.05) is 0 Å². The van der Waals surface area contributed by atoms with Gasteiger partial charge in [-0.2, -0.15) is 0 Å². The van der Waals surface area contributed by atoms with Gasteiger partial charge in [0, 0.05) is 28.8 Å². The molecule has 0 amide bonds. The number of rotatable bonds is 2. The Morgan fingerprint density at radius 2 is 2.06 bits per heavy atom. The van der Waals surface area contributed by atoms with E-state index < -0.39 is 4.92 Å². The van der Waals surface area contributed by atoms with Crippen LogP contribution in [0.15, 0.2) is 47.5 Å². The summed E-state index contributed by atoms with van der Waals surface area (Å²) in [6.07, 6.45) is 1.64. The molecule has 0 aliphatic heterocycles. The van der Waals surface area contributed by atoms with Crippen molar-refractivity contribution >= 4 is 18.3 Å². The average molecular weight is 232 g/mol. The maximum atomic E-state index is 10.7. The van der Waals surface area contributed by atoms with E-state index in [1.807, 2.05) is 6.07 Å². The molecule has 2 rings (SSSR count). The van der Waals surface area contributed by atoms with Crippen molar-refractivity contribution < 1.29 is 4.92 Å². The lowest BCUT2D eigenvalue weighted by Crippen LogP contribution is -1.90. The molecule has 0 atom stereocenters. The maximum absolute atomic E-state index is 10.7. The molecule has 1 heterocycles. The minimum atomic E-state index is -0.431. The number of nitro groups is 1. The highest BCUT2D eigenvalue weighted by molar-refractivity contribution is 7.80. The van der Waals surface area contributed by atoms with Gasteiger partial charge >= 0.3 is 0 Å². The molecule has 0 fully saturated rings. The first-order valence-electron chi connectivity index (χ1n) is 4.57. The monoisotopic (exact) mass is 232 g/mol. The Balaban J connectivity index is 2.56. The molecular formula is C11H8N2O2S. The molecule has 0 unspecified atom stereocenters. The van der Waals surface area contributed by atoms with Gasteiger partial charge in [0.25, 0.3) is 5.69 Å². The topological polar surface area (TPSA) is 56.0 Å². The highest BCUT2D eigenvalue weighted by Crippen LogP contribution is 2.28. The van der Waals surface area contributed by atoms with Gasteiger partial charge < -0.3 is 0 Å². The summed E-state index contributed by atoms with van der Waals surface area (Å²) in [7, 11) is 0. The zero-order chi connectivity index (χ0) is 11.5. The zero-order valence-electron chi connectivity index (χ0n) is 8.20. The number of nitrogens with zero attached hydrogens (tertiary/aromatic N) is 2. The van der Waals surface area contributed by atoms with E-state index in [1.165, 1.54) is 12.1 Å². The van der Waals surface area contributed by atoms with Crippen molar-refractivity contribution in [1.29, 1.82) is 0 Å². The van der Waals surface area contributed by atoms with Crippen LogP contribution in [0.1, 0.15) is 0 Å².